The fourth-order valence-corrected chi connectivity index (χ4v) is 3.74. The predicted molar refractivity (Wildman–Crippen MR) is 110 cm³/mol. The molecule has 0 spiro atoms. The highest BCUT2D eigenvalue weighted by Crippen LogP contribution is 2.16. The zero-order valence-electron chi connectivity index (χ0n) is 18.3. The first-order chi connectivity index (χ1) is 13.1. The second-order valence-corrected chi connectivity index (χ2v) is 8.76. The molecule has 28 heavy (non-hydrogen) atoms. The maximum atomic E-state index is 13.2. The second-order valence-electron chi connectivity index (χ2n) is 7.32. The zero-order chi connectivity index (χ0) is 22.1. The number of hydrogen-bond donors (Lipinski definition) is 0. The number of unbranched alkanes of at least 4 members (excludes halogenated alkanes) is 6. The van der Waals surface area contributed by atoms with Crippen molar-refractivity contribution in [2.24, 2.45) is 0 Å². The topological polar surface area (TPSA) is 57.2 Å². The molecule has 0 rings (SSSR count). The Balaban J connectivity index is 0. The lowest BCUT2D eigenvalue weighted by atomic mass is 10.1. The van der Waals surface area contributed by atoms with Crippen molar-refractivity contribution in [1.82, 2.24) is 0 Å². The minimum atomic E-state index is -4.71. The van der Waals surface area contributed by atoms with E-state index in [1.54, 1.807) is 0 Å². The van der Waals surface area contributed by atoms with Crippen LogP contribution in [0.25, 0.3) is 0 Å². The molecule has 0 aromatic heterocycles. The van der Waals surface area contributed by atoms with Crippen LogP contribution in [-0.4, -0.2) is 68.4 Å². The molecular weight excluding hydrogens is 391 g/mol. The van der Waals surface area contributed by atoms with Crippen LogP contribution in [0.15, 0.2) is 0 Å². The summed E-state index contributed by atoms with van der Waals surface area (Å²) in [5.41, 5.74) is 0. The van der Waals surface area contributed by atoms with Gasteiger partial charge >= 0.3 is 0 Å². The van der Waals surface area contributed by atoms with Crippen molar-refractivity contribution in [2.45, 2.75) is 91.4 Å². The molecule has 0 amide bonds. The van der Waals surface area contributed by atoms with Crippen LogP contribution in [0, 0.1) is 0 Å². The number of hydrogen-bond acceptors (Lipinski definition) is 3. The summed E-state index contributed by atoms with van der Waals surface area (Å²) in [7, 11) is -4.71. The van der Waals surface area contributed by atoms with Crippen molar-refractivity contribution in [3.8, 4) is 0 Å². The summed E-state index contributed by atoms with van der Waals surface area (Å²) < 4.78 is 70.0. The number of alkyl halides is 3. The maximum absolute atomic E-state index is 13.2. The Kier molecular flexibility index (Phi) is 18.7. The molecule has 0 aromatic rings. The van der Waals surface area contributed by atoms with E-state index in [1.165, 1.54) is 30.7 Å². The van der Waals surface area contributed by atoms with E-state index in [4.69, 9.17) is 0 Å². The van der Waals surface area contributed by atoms with E-state index < -0.39 is 28.2 Å². The van der Waals surface area contributed by atoms with Gasteiger partial charge in [0.1, 0.15) is 12.3 Å². The van der Waals surface area contributed by atoms with Crippen LogP contribution in [-0.2, 0) is 10.1 Å². The summed E-state index contributed by atoms with van der Waals surface area (Å²) in [6, 6.07) is 0. The van der Waals surface area contributed by atoms with Gasteiger partial charge < -0.3 is 9.04 Å². The molecule has 0 aliphatic heterocycles. The summed E-state index contributed by atoms with van der Waals surface area (Å²) >= 11 is 0. The molecule has 0 saturated heterocycles. The van der Waals surface area contributed by atoms with E-state index in [0.29, 0.717) is 12.8 Å². The van der Waals surface area contributed by atoms with Crippen LogP contribution in [0.5, 0.6) is 0 Å². The van der Waals surface area contributed by atoms with E-state index in [-0.39, 0.29) is 13.1 Å². The molecule has 0 N–H and O–H groups in total. The van der Waals surface area contributed by atoms with Gasteiger partial charge in [0.15, 0.2) is 0 Å². The van der Waals surface area contributed by atoms with E-state index in [2.05, 4.69) is 27.7 Å². The first-order valence-corrected chi connectivity index (χ1v) is 12.3. The molecule has 2 atom stereocenters. The molecule has 0 aliphatic rings. The molecular formula is C20H42F3NO3S. The largest absolute Gasteiger partial charge is 0.748 e. The molecule has 0 aliphatic carbocycles. The molecule has 0 fully saturated rings. The SMILES string of the molecule is CC[N+](CC)(CC)CC.O=S(=O)([O-])CC(F)C(F)CCCCCCCCCF. The van der Waals surface area contributed by atoms with Crippen LogP contribution in [0.1, 0.15) is 79.1 Å². The first-order valence-electron chi connectivity index (χ1n) is 10.7. The van der Waals surface area contributed by atoms with Gasteiger partial charge in [0.25, 0.3) is 0 Å². The third-order valence-corrected chi connectivity index (χ3v) is 6.28. The predicted octanol–water partition coefficient (Wildman–Crippen LogP) is 5.18. The fourth-order valence-electron chi connectivity index (χ4n) is 3.14. The Morgan fingerprint density at radius 2 is 1.14 bits per heavy atom. The highest BCUT2D eigenvalue weighted by molar-refractivity contribution is 7.85. The third kappa shape index (κ3) is 16.6. The quantitative estimate of drug-likeness (QED) is 0.191. The number of nitrogens with zero attached hydrogens (tertiary/aromatic N) is 1. The monoisotopic (exact) mass is 433 g/mol. The Labute approximate surface area is 171 Å². The molecule has 0 saturated carbocycles. The number of halogens is 3. The van der Waals surface area contributed by atoms with Crippen LogP contribution in [0.2, 0.25) is 0 Å². The summed E-state index contributed by atoms with van der Waals surface area (Å²) in [5, 5.41) is 0. The molecule has 0 bridgehead atoms. The molecule has 0 aromatic carbocycles. The number of quaternary nitrogens is 1. The van der Waals surface area contributed by atoms with E-state index in [1.807, 2.05) is 0 Å². The lowest BCUT2D eigenvalue weighted by Gasteiger charge is -2.34. The minimum Gasteiger partial charge on any atom is -0.748 e. The standard InChI is InChI=1S/C12H23F3O3S.C8H20N/c13-9-7-5-3-1-2-4-6-8-11(14)12(15)10-19(16,17)18;1-5-9(6-2,7-3)8-4/h11-12H,1-10H2,(H,16,17,18);5-8H2,1-4H3/q;+1/p-1. The highest BCUT2D eigenvalue weighted by atomic mass is 32.2. The highest BCUT2D eigenvalue weighted by Gasteiger charge is 2.22. The van der Waals surface area contributed by atoms with Crippen LogP contribution in [0.4, 0.5) is 13.2 Å². The molecule has 0 heterocycles. The molecule has 2 unspecified atom stereocenters. The van der Waals surface area contributed by atoms with Gasteiger partial charge in [-0.2, -0.15) is 0 Å². The number of rotatable bonds is 16. The van der Waals surface area contributed by atoms with Crippen molar-refractivity contribution in [1.29, 1.82) is 0 Å². The Morgan fingerprint density at radius 3 is 1.46 bits per heavy atom. The van der Waals surface area contributed by atoms with E-state index in [0.717, 1.165) is 32.1 Å². The van der Waals surface area contributed by atoms with Gasteiger partial charge in [-0.1, -0.05) is 38.5 Å². The van der Waals surface area contributed by atoms with Gasteiger partial charge in [0.05, 0.1) is 48.7 Å². The van der Waals surface area contributed by atoms with Crippen LogP contribution in [0.3, 0.4) is 0 Å². The first kappa shape index (κ1) is 29.9. The van der Waals surface area contributed by atoms with Gasteiger partial charge in [0, 0.05) is 0 Å². The van der Waals surface area contributed by atoms with Gasteiger partial charge in [0.2, 0.25) is 0 Å². The molecule has 0 radical (unpaired) electrons. The van der Waals surface area contributed by atoms with Crippen LogP contribution >= 0.6 is 0 Å². The van der Waals surface area contributed by atoms with Crippen molar-refractivity contribution in [3.63, 3.8) is 0 Å². The summed E-state index contributed by atoms with van der Waals surface area (Å²) in [5.74, 6) is -1.29. The smallest absolute Gasteiger partial charge is 0.144 e. The summed E-state index contributed by atoms with van der Waals surface area (Å²) in [6.07, 6.45) is 1.15. The lowest BCUT2D eigenvalue weighted by molar-refractivity contribution is -0.921. The average Bonchev–Trinajstić information content (AvgIpc) is 2.65. The van der Waals surface area contributed by atoms with Crippen molar-refractivity contribution < 1.29 is 30.6 Å². The van der Waals surface area contributed by atoms with Gasteiger partial charge in [-0.15, -0.1) is 0 Å². The maximum Gasteiger partial charge on any atom is 0.144 e. The second kappa shape index (κ2) is 17.5. The molecule has 4 nitrogen and oxygen atoms in total. The Morgan fingerprint density at radius 1 is 0.750 bits per heavy atom. The fraction of sp³-hybridized carbons (Fsp3) is 1.00. The van der Waals surface area contributed by atoms with Crippen molar-refractivity contribution in [3.05, 3.63) is 0 Å². The Hall–Kier alpha value is -0.340. The van der Waals surface area contributed by atoms with Gasteiger partial charge in [-0.25, -0.2) is 17.2 Å². The molecule has 8 heteroatoms. The summed E-state index contributed by atoms with van der Waals surface area (Å²) in [6.45, 7) is 13.9. The van der Waals surface area contributed by atoms with E-state index in [9.17, 15) is 26.1 Å². The van der Waals surface area contributed by atoms with Crippen molar-refractivity contribution >= 4 is 10.1 Å². The van der Waals surface area contributed by atoms with Crippen molar-refractivity contribution in [2.75, 3.05) is 38.6 Å². The Bertz CT molecular complexity index is 428. The molecule has 172 valence electrons. The van der Waals surface area contributed by atoms with Gasteiger partial charge in [-0.3, -0.25) is 4.39 Å². The zero-order valence-corrected chi connectivity index (χ0v) is 19.1. The third-order valence-electron chi connectivity index (χ3n) is 5.55. The minimum absolute atomic E-state index is 0.0683. The lowest BCUT2D eigenvalue weighted by Crippen LogP contribution is -2.47. The van der Waals surface area contributed by atoms with E-state index >= 15 is 0 Å². The van der Waals surface area contributed by atoms with Crippen LogP contribution < -0.4 is 0 Å². The normalized spacial score (nSPS) is 14.3. The summed E-state index contributed by atoms with van der Waals surface area (Å²) in [4.78, 5) is 0. The average molecular weight is 434 g/mol. The van der Waals surface area contributed by atoms with Gasteiger partial charge in [-0.05, 0) is 40.5 Å².